The normalized spacial score (nSPS) is 21.1. The average molecular weight is 493 g/mol. The first-order chi connectivity index (χ1) is 13.9. The highest BCUT2D eigenvalue weighted by atomic mass is 79.9. The van der Waals surface area contributed by atoms with Crippen molar-refractivity contribution in [3.05, 3.63) is 93.4 Å². The Hall–Kier alpha value is -1.86. The summed E-state index contributed by atoms with van der Waals surface area (Å²) in [6.45, 7) is 2.08. The van der Waals surface area contributed by atoms with Crippen molar-refractivity contribution in [2.24, 2.45) is 0 Å². The molecule has 0 radical (unpaired) electrons. The van der Waals surface area contributed by atoms with E-state index in [1.807, 2.05) is 49.4 Å². The third kappa shape index (κ3) is 4.08. The zero-order valence-corrected chi connectivity index (χ0v) is 18.8. The first-order valence-corrected chi connectivity index (χ1v) is 11.7. The quantitative estimate of drug-likeness (QED) is 0.463. The van der Waals surface area contributed by atoms with Gasteiger partial charge in [-0.1, -0.05) is 70.0 Å². The van der Waals surface area contributed by atoms with Crippen LogP contribution in [0.2, 0.25) is 5.02 Å². The second-order valence-corrected chi connectivity index (χ2v) is 10.2. The summed E-state index contributed by atoms with van der Waals surface area (Å²) in [6, 6.07) is 21.5. The van der Waals surface area contributed by atoms with Crippen LogP contribution in [0.15, 0.2) is 82.2 Å². The number of hydrogen-bond acceptors (Lipinski definition) is 3. The number of nitrogens with zero attached hydrogens (tertiary/aromatic N) is 1. The highest BCUT2D eigenvalue weighted by molar-refractivity contribution is 9.10. The molecule has 1 aliphatic rings. The molecule has 3 aromatic rings. The summed E-state index contributed by atoms with van der Waals surface area (Å²) in [4.78, 5) is 0.160. The molecule has 3 aromatic carbocycles. The largest absolute Gasteiger partial charge is 0.483 e. The molecule has 0 saturated heterocycles. The zero-order chi connectivity index (χ0) is 20.6. The molecule has 0 aromatic heterocycles. The van der Waals surface area contributed by atoms with Crippen LogP contribution < -0.4 is 4.74 Å². The third-order valence-electron chi connectivity index (χ3n) is 4.99. The van der Waals surface area contributed by atoms with E-state index < -0.39 is 22.2 Å². The topological polar surface area (TPSA) is 46.6 Å². The number of ether oxygens (including phenoxy) is 1. The summed E-state index contributed by atoms with van der Waals surface area (Å²) in [5, 5.41) is 0.572. The van der Waals surface area contributed by atoms with Crippen LogP contribution in [0, 0.1) is 0 Å². The van der Waals surface area contributed by atoms with Gasteiger partial charge in [0, 0.05) is 16.0 Å². The molecule has 2 unspecified atom stereocenters. The summed E-state index contributed by atoms with van der Waals surface area (Å²) in [5.74, 6) is 0.341. The van der Waals surface area contributed by atoms with Gasteiger partial charge in [-0.2, -0.15) is 4.31 Å². The number of benzene rings is 3. The van der Waals surface area contributed by atoms with Crippen molar-refractivity contribution in [3.63, 3.8) is 0 Å². The van der Waals surface area contributed by atoms with Gasteiger partial charge in [0.05, 0.1) is 6.04 Å². The second kappa shape index (κ2) is 8.11. The smallest absolute Gasteiger partial charge is 0.247 e. The van der Waals surface area contributed by atoms with Gasteiger partial charge in [-0.3, -0.25) is 0 Å². The van der Waals surface area contributed by atoms with Crippen molar-refractivity contribution < 1.29 is 13.2 Å². The second-order valence-electron chi connectivity index (χ2n) is 6.96. The van der Waals surface area contributed by atoms with Crippen molar-refractivity contribution in [2.45, 2.75) is 30.5 Å². The minimum Gasteiger partial charge on any atom is -0.483 e. The van der Waals surface area contributed by atoms with Gasteiger partial charge in [-0.15, -0.1) is 0 Å². The summed E-state index contributed by atoms with van der Waals surface area (Å²) in [5.41, 5.74) is 1.74. The lowest BCUT2D eigenvalue weighted by Crippen LogP contribution is -2.41. The average Bonchev–Trinajstić information content (AvgIpc) is 2.77. The van der Waals surface area contributed by atoms with Crippen LogP contribution in [0.4, 0.5) is 0 Å². The molecule has 0 saturated carbocycles. The van der Waals surface area contributed by atoms with E-state index in [1.54, 1.807) is 30.3 Å². The Morgan fingerprint density at radius 1 is 1.03 bits per heavy atom. The van der Waals surface area contributed by atoms with Crippen molar-refractivity contribution in [1.82, 2.24) is 4.31 Å². The number of halogens is 2. The van der Waals surface area contributed by atoms with Gasteiger partial charge < -0.3 is 4.74 Å². The van der Waals surface area contributed by atoms with E-state index in [0.717, 1.165) is 15.6 Å². The van der Waals surface area contributed by atoms with Gasteiger partial charge in [0.25, 0.3) is 0 Å². The SMILES string of the molecule is CC1C(c2ccccc2)Oc2cc(Br)ccc2S(=O)(=O)N1Cc1cccc(Cl)c1. The fraction of sp³-hybridized carbons (Fsp3) is 0.182. The Labute approximate surface area is 184 Å². The predicted octanol–water partition coefficient (Wildman–Crippen LogP) is 5.82. The van der Waals surface area contributed by atoms with E-state index in [-0.39, 0.29) is 11.4 Å². The van der Waals surface area contributed by atoms with Crippen LogP contribution in [0.3, 0.4) is 0 Å². The van der Waals surface area contributed by atoms with E-state index in [4.69, 9.17) is 16.3 Å². The van der Waals surface area contributed by atoms with E-state index >= 15 is 0 Å². The maximum absolute atomic E-state index is 13.6. The summed E-state index contributed by atoms with van der Waals surface area (Å²) >= 11 is 9.55. The molecule has 4 nitrogen and oxygen atoms in total. The molecule has 4 rings (SSSR count). The number of rotatable bonds is 3. The van der Waals surface area contributed by atoms with E-state index in [0.29, 0.717) is 10.8 Å². The van der Waals surface area contributed by atoms with Gasteiger partial charge in [0.15, 0.2) is 0 Å². The van der Waals surface area contributed by atoms with Crippen LogP contribution in [0.1, 0.15) is 24.2 Å². The molecular weight excluding hydrogens is 474 g/mol. The lowest BCUT2D eigenvalue weighted by molar-refractivity contribution is 0.124. The zero-order valence-electron chi connectivity index (χ0n) is 15.6. The molecule has 0 bridgehead atoms. The summed E-state index contributed by atoms with van der Waals surface area (Å²) in [7, 11) is -3.79. The van der Waals surface area contributed by atoms with Crippen molar-refractivity contribution >= 4 is 37.6 Å². The highest BCUT2D eigenvalue weighted by Crippen LogP contribution is 2.40. The van der Waals surface area contributed by atoms with Crippen LogP contribution in [-0.4, -0.2) is 18.8 Å². The molecule has 2 atom stereocenters. The Kier molecular flexibility index (Phi) is 5.71. The minimum atomic E-state index is -3.79. The first kappa shape index (κ1) is 20.4. The third-order valence-corrected chi connectivity index (χ3v) is 7.69. The minimum absolute atomic E-state index is 0.160. The maximum atomic E-state index is 13.6. The highest BCUT2D eigenvalue weighted by Gasteiger charge is 2.40. The van der Waals surface area contributed by atoms with Crippen molar-refractivity contribution in [3.8, 4) is 5.75 Å². The number of hydrogen-bond donors (Lipinski definition) is 0. The Bertz CT molecular complexity index is 1140. The van der Waals surface area contributed by atoms with Gasteiger partial charge in [-0.25, -0.2) is 8.42 Å². The van der Waals surface area contributed by atoms with E-state index in [1.165, 1.54) is 4.31 Å². The Morgan fingerprint density at radius 3 is 2.52 bits per heavy atom. The molecule has 0 amide bonds. The molecule has 29 heavy (non-hydrogen) atoms. The van der Waals surface area contributed by atoms with E-state index in [9.17, 15) is 8.42 Å². The number of fused-ring (bicyclic) bond motifs is 1. The molecule has 7 heteroatoms. The summed E-state index contributed by atoms with van der Waals surface area (Å²) in [6.07, 6.45) is -0.458. The Morgan fingerprint density at radius 2 is 1.79 bits per heavy atom. The van der Waals surface area contributed by atoms with Crippen LogP contribution >= 0.6 is 27.5 Å². The predicted molar refractivity (Wildman–Crippen MR) is 118 cm³/mol. The van der Waals surface area contributed by atoms with Gasteiger partial charge >= 0.3 is 0 Å². The van der Waals surface area contributed by atoms with Crippen LogP contribution in [-0.2, 0) is 16.6 Å². The van der Waals surface area contributed by atoms with Crippen molar-refractivity contribution in [2.75, 3.05) is 0 Å². The molecule has 1 aliphatic heterocycles. The fourth-order valence-corrected chi connectivity index (χ4v) is 5.83. The van der Waals surface area contributed by atoms with E-state index in [2.05, 4.69) is 15.9 Å². The summed E-state index contributed by atoms with van der Waals surface area (Å²) < 4.78 is 35.8. The number of sulfonamides is 1. The monoisotopic (exact) mass is 491 g/mol. The Balaban J connectivity index is 1.86. The molecule has 0 N–H and O–H groups in total. The molecule has 1 heterocycles. The lowest BCUT2D eigenvalue weighted by Gasteiger charge is -2.30. The standard InChI is InChI=1S/C22H19BrClNO3S/c1-15-22(17-7-3-2-4-8-17)28-20-13-18(23)10-11-21(20)29(26,27)25(15)14-16-6-5-9-19(24)12-16/h2-13,15,22H,14H2,1H3. The maximum Gasteiger partial charge on any atom is 0.247 e. The van der Waals surface area contributed by atoms with Gasteiger partial charge in [0.1, 0.15) is 16.7 Å². The van der Waals surface area contributed by atoms with Crippen molar-refractivity contribution in [1.29, 1.82) is 0 Å². The van der Waals surface area contributed by atoms with Gasteiger partial charge in [0.2, 0.25) is 10.0 Å². The fourth-order valence-electron chi connectivity index (χ4n) is 3.55. The van der Waals surface area contributed by atoms with Crippen LogP contribution in [0.25, 0.3) is 0 Å². The molecule has 150 valence electrons. The lowest BCUT2D eigenvalue weighted by atomic mass is 10.0. The first-order valence-electron chi connectivity index (χ1n) is 9.14. The van der Waals surface area contributed by atoms with Crippen LogP contribution in [0.5, 0.6) is 5.75 Å². The molecule has 0 spiro atoms. The molecule has 0 fully saturated rings. The molecular formula is C22H19BrClNO3S. The van der Waals surface area contributed by atoms with Gasteiger partial charge in [-0.05, 0) is 48.4 Å². The molecule has 0 aliphatic carbocycles.